The third-order valence-corrected chi connectivity index (χ3v) is 3.36. The first-order valence-corrected chi connectivity index (χ1v) is 6.03. The fourth-order valence-electron chi connectivity index (χ4n) is 1.92. The van der Waals surface area contributed by atoms with Crippen molar-refractivity contribution in [2.75, 3.05) is 0 Å². The zero-order valence-corrected chi connectivity index (χ0v) is 10.1. The number of carbonyl (C=O) groups is 1. The molecule has 1 aliphatic rings. The zero-order chi connectivity index (χ0) is 12.7. The van der Waals surface area contributed by atoms with Gasteiger partial charge in [-0.3, -0.25) is 0 Å². The third kappa shape index (κ3) is 1.99. The van der Waals surface area contributed by atoms with Crippen LogP contribution in [0.1, 0.15) is 34.8 Å². The van der Waals surface area contributed by atoms with Crippen LogP contribution in [-0.2, 0) is 0 Å². The maximum Gasteiger partial charge on any atom is 0.358 e. The first kappa shape index (κ1) is 11.3. The fraction of sp³-hybridized carbons (Fsp3) is 0.231. The van der Waals surface area contributed by atoms with Crippen LogP contribution in [0.2, 0.25) is 5.02 Å². The second kappa shape index (κ2) is 4.14. The molecule has 18 heavy (non-hydrogen) atoms. The van der Waals surface area contributed by atoms with Gasteiger partial charge in [0, 0.05) is 16.7 Å². The number of carboxylic acids is 1. The smallest absolute Gasteiger partial charge is 0.358 e. The van der Waals surface area contributed by atoms with E-state index in [0.717, 1.165) is 11.1 Å². The van der Waals surface area contributed by atoms with Gasteiger partial charge in [0.2, 0.25) is 0 Å². The van der Waals surface area contributed by atoms with Crippen molar-refractivity contribution in [2.45, 2.75) is 18.8 Å². The summed E-state index contributed by atoms with van der Waals surface area (Å²) in [6, 6.07) is 7.04. The van der Waals surface area contributed by atoms with Gasteiger partial charge in [0.1, 0.15) is 0 Å². The predicted octanol–water partition coefficient (Wildman–Crippen LogP) is 3.57. The van der Waals surface area contributed by atoms with Crippen LogP contribution in [0, 0.1) is 0 Å². The molecule has 5 heteroatoms. The van der Waals surface area contributed by atoms with Crippen LogP contribution in [0.4, 0.5) is 0 Å². The highest BCUT2D eigenvalue weighted by Gasteiger charge is 2.26. The van der Waals surface area contributed by atoms with Gasteiger partial charge in [0.15, 0.2) is 11.5 Å². The van der Waals surface area contributed by atoms with Crippen molar-refractivity contribution < 1.29 is 14.4 Å². The number of halogens is 1. The molecule has 4 nitrogen and oxygen atoms in total. The second-order valence-corrected chi connectivity index (χ2v) is 4.80. The van der Waals surface area contributed by atoms with Crippen LogP contribution in [0.3, 0.4) is 0 Å². The number of hydrogen-bond acceptors (Lipinski definition) is 3. The minimum atomic E-state index is -1.11. The van der Waals surface area contributed by atoms with Crippen molar-refractivity contribution in [3.63, 3.8) is 0 Å². The highest BCUT2D eigenvalue weighted by atomic mass is 35.5. The van der Waals surface area contributed by atoms with E-state index >= 15 is 0 Å². The summed E-state index contributed by atoms with van der Waals surface area (Å²) in [6.07, 6.45) is 2.37. The summed E-state index contributed by atoms with van der Waals surface area (Å²) < 4.78 is 4.99. The normalized spacial score (nSPS) is 14.7. The fourth-order valence-corrected chi connectivity index (χ4v) is 2.25. The maximum absolute atomic E-state index is 10.7. The highest BCUT2D eigenvalue weighted by molar-refractivity contribution is 6.31. The van der Waals surface area contributed by atoms with E-state index in [4.69, 9.17) is 21.2 Å². The standard InChI is InChI=1S/C13H10ClNO3/c14-10-5-8(3-4-9(10)7-1-2-7)12-6-11(13(16)17)15-18-12/h3-7H,1-2H2,(H,16,17). The van der Waals surface area contributed by atoms with Crippen molar-refractivity contribution in [2.24, 2.45) is 0 Å². The van der Waals surface area contributed by atoms with E-state index < -0.39 is 5.97 Å². The van der Waals surface area contributed by atoms with Crippen LogP contribution in [0.5, 0.6) is 0 Å². The van der Waals surface area contributed by atoms with Crippen molar-refractivity contribution >= 4 is 17.6 Å². The number of carboxylic acid groups (broad SMARTS) is 1. The molecule has 0 spiro atoms. The topological polar surface area (TPSA) is 63.3 Å². The molecule has 1 aromatic heterocycles. The second-order valence-electron chi connectivity index (χ2n) is 4.39. The van der Waals surface area contributed by atoms with Gasteiger partial charge in [-0.25, -0.2) is 4.79 Å². The lowest BCUT2D eigenvalue weighted by atomic mass is 10.1. The molecule has 0 aliphatic heterocycles. The number of aromatic nitrogens is 1. The average molecular weight is 264 g/mol. The molecule has 1 saturated carbocycles. The Labute approximate surface area is 108 Å². The molecule has 0 radical (unpaired) electrons. The van der Waals surface area contributed by atoms with Crippen LogP contribution in [0.15, 0.2) is 28.8 Å². The molecule has 1 N–H and O–H groups in total. The molecule has 1 aliphatic carbocycles. The monoisotopic (exact) mass is 263 g/mol. The van der Waals surface area contributed by atoms with E-state index in [1.165, 1.54) is 18.9 Å². The van der Waals surface area contributed by atoms with Gasteiger partial charge >= 0.3 is 5.97 Å². The van der Waals surface area contributed by atoms with Crippen LogP contribution in [-0.4, -0.2) is 16.2 Å². The van der Waals surface area contributed by atoms with E-state index in [1.807, 2.05) is 12.1 Å². The summed E-state index contributed by atoms with van der Waals surface area (Å²) in [5.41, 5.74) is 1.79. The van der Waals surface area contributed by atoms with Gasteiger partial charge in [0.25, 0.3) is 0 Å². The maximum atomic E-state index is 10.7. The van der Waals surface area contributed by atoms with Crippen LogP contribution < -0.4 is 0 Å². The van der Waals surface area contributed by atoms with E-state index in [-0.39, 0.29) is 5.69 Å². The van der Waals surface area contributed by atoms with E-state index in [2.05, 4.69) is 5.16 Å². The molecule has 0 bridgehead atoms. The Morgan fingerprint density at radius 2 is 2.17 bits per heavy atom. The summed E-state index contributed by atoms with van der Waals surface area (Å²) in [4.78, 5) is 10.7. The van der Waals surface area contributed by atoms with Gasteiger partial charge in [0.05, 0.1) is 0 Å². The quantitative estimate of drug-likeness (QED) is 0.919. The van der Waals surface area contributed by atoms with Gasteiger partial charge < -0.3 is 9.63 Å². The summed E-state index contributed by atoms with van der Waals surface area (Å²) in [6.45, 7) is 0. The molecular formula is C13H10ClNO3. The molecule has 0 amide bonds. The van der Waals surface area contributed by atoms with E-state index in [0.29, 0.717) is 16.7 Å². The van der Waals surface area contributed by atoms with Crippen molar-refractivity contribution in [1.29, 1.82) is 0 Å². The van der Waals surface area contributed by atoms with Crippen LogP contribution >= 0.6 is 11.6 Å². The molecule has 0 atom stereocenters. The molecule has 1 fully saturated rings. The minimum Gasteiger partial charge on any atom is -0.476 e. The summed E-state index contributed by atoms with van der Waals surface area (Å²) in [5.74, 6) is -0.113. The summed E-state index contributed by atoms with van der Waals surface area (Å²) in [7, 11) is 0. The van der Waals surface area contributed by atoms with Gasteiger partial charge in [-0.15, -0.1) is 0 Å². The Bertz CT molecular complexity index is 616. The first-order chi connectivity index (χ1) is 8.65. The molecule has 1 heterocycles. The number of hydrogen-bond donors (Lipinski definition) is 1. The number of nitrogens with zero attached hydrogens (tertiary/aromatic N) is 1. The molecule has 0 saturated heterocycles. The zero-order valence-electron chi connectivity index (χ0n) is 9.39. The molecular weight excluding hydrogens is 254 g/mol. The van der Waals surface area contributed by atoms with Crippen molar-refractivity contribution in [3.8, 4) is 11.3 Å². The van der Waals surface area contributed by atoms with Crippen molar-refractivity contribution in [1.82, 2.24) is 5.16 Å². The average Bonchev–Trinajstić information content (AvgIpc) is 3.05. The lowest BCUT2D eigenvalue weighted by Gasteiger charge is -2.03. The Morgan fingerprint density at radius 3 is 2.72 bits per heavy atom. The Morgan fingerprint density at radius 1 is 1.39 bits per heavy atom. The van der Waals surface area contributed by atoms with Crippen molar-refractivity contribution in [3.05, 3.63) is 40.5 Å². The molecule has 3 rings (SSSR count). The molecule has 2 aromatic rings. The van der Waals surface area contributed by atoms with Gasteiger partial charge in [-0.05, 0) is 30.4 Å². The Balaban J connectivity index is 1.95. The minimum absolute atomic E-state index is 0.104. The largest absolute Gasteiger partial charge is 0.476 e. The molecule has 0 unspecified atom stereocenters. The SMILES string of the molecule is O=C(O)c1cc(-c2ccc(C3CC3)c(Cl)c2)on1. The van der Waals surface area contributed by atoms with Gasteiger partial charge in [-0.1, -0.05) is 28.9 Å². The van der Waals surface area contributed by atoms with E-state index in [1.54, 1.807) is 6.07 Å². The Kier molecular flexibility index (Phi) is 2.59. The highest BCUT2D eigenvalue weighted by Crippen LogP contribution is 2.44. The van der Waals surface area contributed by atoms with Gasteiger partial charge in [-0.2, -0.15) is 0 Å². The lowest BCUT2D eigenvalue weighted by Crippen LogP contribution is -1.94. The summed E-state index contributed by atoms with van der Waals surface area (Å²) >= 11 is 6.21. The molecule has 1 aromatic carbocycles. The third-order valence-electron chi connectivity index (χ3n) is 3.03. The van der Waals surface area contributed by atoms with E-state index in [9.17, 15) is 4.79 Å². The van der Waals surface area contributed by atoms with Crippen LogP contribution in [0.25, 0.3) is 11.3 Å². The number of benzene rings is 1. The number of rotatable bonds is 3. The first-order valence-electron chi connectivity index (χ1n) is 5.65. The lowest BCUT2D eigenvalue weighted by molar-refractivity contribution is 0.0686. The summed E-state index contributed by atoms with van der Waals surface area (Å²) in [5, 5.41) is 12.9. The number of aromatic carboxylic acids is 1. The molecule has 92 valence electrons. The Hall–Kier alpha value is -1.81. The predicted molar refractivity (Wildman–Crippen MR) is 65.9 cm³/mol.